The van der Waals surface area contributed by atoms with Crippen molar-refractivity contribution < 1.29 is 9.21 Å². The molecular weight excluding hydrogens is 384 g/mol. The molecule has 4 nitrogen and oxygen atoms in total. The van der Waals surface area contributed by atoms with E-state index in [-0.39, 0.29) is 5.91 Å². The molecule has 0 radical (unpaired) electrons. The topological polar surface area (TPSA) is 46.3 Å². The molecule has 0 bridgehead atoms. The van der Waals surface area contributed by atoms with Crippen LogP contribution in [0.15, 0.2) is 58.7 Å². The van der Waals surface area contributed by atoms with Crippen molar-refractivity contribution in [1.82, 2.24) is 9.88 Å². The quantitative estimate of drug-likeness (QED) is 0.418. The van der Waals surface area contributed by atoms with E-state index in [0.717, 1.165) is 20.5 Å². The summed E-state index contributed by atoms with van der Waals surface area (Å²) in [5, 5.41) is 2.90. The van der Waals surface area contributed by atoms with E-state index in [2.05, 4.69) is 24.0 Å². The second-order valence-corrected chi connectivity index (χ2v) is 9.11. The molecule has 7 heteroatoms. The molecule has 0 fully saturated rings. The molecule has 4 heterocycles. The average Bonchev–Trinajstić information content (AvgIpc) is 3.41. The lowest BCUT2D eigenvalue weighted by atomic mass is 10.3. The zero-order valence-corrected chi connectivity index (χ0v) is 16.5. The molecule has 0 atom stereocenters. The van der Waals surface area contributed by atoms with Gasteiger partial charge in [-0.25, -0.2) is 4.98 Å². The number of furan rings is 1. The molecule has 1 amide bonds. The highest BCUT2D eigenvalue weighted by Crippen LogP contribution is 2.30. The Morgan fingerprint density at radius 2 is 2.08 bits per heavy atom. The fourth-order valence-electron chi connectivity index (χ4n) is 2.59. The Morgan fingerprint density at radius 1 is 1.15 bits per heavy atom. The summed E-state index contributed by atoms with van der Waals surface area (Å²) in [6.07, 6.45) is 3.31. The molecule has 0 aromatic carbocycles. The minimum Gasteiger partial charge on any atom is -0.467 e. The molecule has 0 saturated carbocycles. The summed E-state index contributed by atoms with van der Waals surface area (Å²) in [5.41, 5.74) is 0. The number of aromatic nitrogens is 1. The molecule has 0 spiro atoms. The predicted octanol–water partition coefficient (Wildman–Crippen LogP) is 5.68. The van der Waals surface area contributed by atoms with E-state index in [4.69, 9.17) is 4.42 Å². The Hall–Kier alpha value is -2.22. The first kappa shape index (κ1) is 17.2. The van der Waals surface area contributed by atoms with Gasteiger partial charge < -0.3 is 9.32 Å². The van der Waals surface area contributed by atoms with Gasteiger partial charge >= 0.3 is 0 Å². The summed E-state index contributed by atoms with van der Waals surface area (Å²) in [6, 6.07) is 11.9. The Labute approximate surface area is 163 Å². The Morgan fingerprint density at radius 3 is 2.77 bits per heavy atom. The van der Waals surface area contributed by atoms with E-state index in [1.54, 1.807) is 35.1 Å². The number of thiazole rings is 1. The van der Waals surface area contributed by atoms with Gasteiger partial charge in [0, 0.05) is 9.75 Å². The third kappa shape index (κ3) is 3.80. The maximum atomic E-state index is 13.1. The van der Waals surface area contributed by atoms with Crippen molar-refractivity contribution in [3.8, 4) is 9.88 Å². The maximum absolute atomic E-state index is 13.1. The third-order valence-corrected chi connectivity index (χ3v) is 6.81. The van der Waals surface area contributed by atoms with E-state index >= 15 is 0 Å². The summed E-state index contributed by atoms with van der Waals surface area (Å²) in [4.78, 5) is 23.5. The van der Waals surface area contributed by atoms with E-state index in [9.17, 15) is 4.79 Å². The number of carbonyl (C=O) groups is 1. The monoisotopic (exact) mass is 400 g/mol. The van der Waals surface area contributed by atoms with Gasteiger partial charge in [0.15, 0.2) is 0 Å². The van der Waals surface area contributed by atoms with Gasteiger partial charge in [0.2, 0.25) is 0 Å². The zero-order valence-electron chi connectivity index (χ0n) is 14.0. The number of hydrogen-bond acceptors (Lipinski definition) is 6. The number of amides is 1. The highest BCUT2D eigenvalue weighted by atomic mass is 32.1. The first-order chi connectivity index (χ1) is 12.7. The minimum atomic E-state index is -0.0206. The van der Waals surface area contributed by atoms with Crippen LogP contribution in [0.4, 0.5) is 0 Å². The zero-order chi connectivity index (χ0) is 17.9. The highest BCUT2D eigenvalue weighted by molar-refractivity contribution is 7.22. The Balaban J connectivity index is 1.58. The highest BCUT2D eigenvalue weighted by Gasteiger charge is 2.21. The van der Waals surface area contributed by atoms with Crippen LogP contribution in [0, 0.1) is 6.92 Å². The van der Waals surface area contributed by atoms with Crippen LogP contribution in [0.5, 0.6) is 0 Å². The van der Waals surface area contributed by atoms with E-state index in [1.807, 2.05) is 34.5 Å². The van der Waals surface area contributed by atoms with Crippen molar-refractivity contribution in [1.29, 1.82) is 0 Å². The van der Waals surface area contributed by atoms with Crippen molar-refractivity contribution >= 4 is 39.9 Å². The molecule has 0 aliphatic carbocycles. The molecule has 26 heavy (non-hydrogen) atoms. The second-order valence-electron chi connectivity index (χ2n) is 5.76. The van der Waals surface area contributed by atoms with Gasteiger partial charge in [-0.2, -0.15) is 0 Å². The molecule has 4 aromatic rings. The first-order valence-corrected chi connectivity index (χ1v) is 10.6. The first-order valence-electron chi connectivity index (χ1n) is 8.06. The van der Waals surface area contributed by atoms with Crippen molar-refractivity contribution in [2.24, 2.45) is 0 Å². The lowest BCUT2D eigenvalue weighted by Crippen LogP contribution is -2.29. The van der Waals surface area contributed by atoms with Crippen molar-refractivity contribution in [2.45, 2.75) is 20.0 Å². The fourth-order valence-corrected chi connectivity index (χ4v) is 5.19. The Kier molecular flexibility index (Phi) is 5.01. The van der Waals surface area contributed by atoms with Gasteiger partial charge in [0.1, 0.15) is 15.6 Å². The molecule has 0 saturated heterocycles. The second kappa shape index (κ2) is 7.57. The van der Waals surface area contributed by atoms with Gasteiger partial charge in [-0.05, 0) is 42.6 Å². The van der Waals surface area contributed by atoms with Gasteiger partial charge in [-0.1, -0.05) is 6.07 Å². The van der Waals surface area contributed by atoms with E-state index in [1.165, 1.54) is 16.2 Å². The van der Waals surface area contributed by atoms with Gasteiger partial charge in [-0.15, -0.1) is 34.0 Å². The SMILES string of the molecule is Cc1ccc(CN(Cc2ccco2)C(=O)c2cnc(-c3cccs3)s2)s1. The van der Waals surface area contributed by atoms with Crippen LogP contribution < -0.4 is 0 Å². The van der Waals surface area contributed by atoms with Crippen molar-refractivity contribution in [2.75, 3.05) is 0 Å². The smallest absolute Gasteiger partial charge is 0.266 e. The predicted molar refractivity (Wildman–Crippen MR) is 107 cm³/mol. The lowest BCUT2D eigenvalue weighted by Gasteiger charge is -2.20. The van der Waals surface area contributed by atoms with Crippen molar-refractivity contribution in [3.05, 3.63) is 74.6 Å². The fraction of sp³-hybridized carbons (Fsp3) is 0.158. The molecule has 0 N–H and O–H groups in total. The summed E-state index contributed by atoms with van der Waals surface area (Å²) >= 11 is 4.77. The van der Waals surface area contributed by atoms with E-state index < -0.39 is 0 Å². The molecule has 0 unspecified atom stereocenters. The third-order valence-electron chi connectivity index (χ3n) is 3.81. The summed E-state index contributed by atoms with van der Waals surface area (Å²) in [5.74, 6) is 0.752. The van der Waals surface area contributed by atoms with Crippen LogP contribution in [-0.2, 0) is 13.1 Å². The van der Waals surface area contributed by atoms with Gasteiger partial charge in [0.25, 0.3) is 5.91 Å². The summed E-state index contributed by atoms with van der Waals surface area (Å²) in [7, 11) is 0. The number of hydrogen-bond donors (Lipinski definition) is 0. The van der Waals surface area contributed by atoms with Gasteiger partial charge in [0.05, 0.1) is 30.4 Å². The Bertz CT molecular complexity index is 984. The summed E-state index contributed by atoms with van der Waals surface area (Å²) in [6.45, 7) is 3.07. The molecule has 4 aromatic heterocycles. The van der Waals surface area contributed by atoms with Crippen LogP contribution in [0.2, 0.25) is 0 Å². The molecule has 4 rings (SSSR count). The number of nitrogens with zero attached hydrogens (tertiary/aromatic N) is 2. The number of aryl methyl sites for hydroxylation is 1. The van der Waals surface area contributed by atoms with Gasteiger partial charge in [-0.3, -0.25) is 4.79 Å². The number of rotatable bonds is 6. The molecule has 132 valence electrons. The average molecular weight is 401 g/mol. The molecule has 0 aliphatic rings. The van der Waals surface area contributed by atoms with Crippen LogP contribution in [0.1, 0.15) is 25.2 Å². The largest absolute Gasteiger partial charge is 0.467 e. The van der Waals surface area contributed by atoms with E-state index in [0.29, 0.717) is 18.0 Å². The van der Waals surface area contributed by atoms with Crippen LogP contribution >= 0.6 is 34.0 Å². The standard InChI is InChI=1S/C19H16N2O2S3/c1-13-6-7-15(25-13)12-21(11-14-4-2-8-23-14)19(22)17-10-20-18(26-17)16-5-3-9-24-16/h2-10H,11-12H2,1H3. The van der Waals surface area contributed by atoms with Crippen LogP contribution in [0.3, 0.4) is 0 Å². The van der Waals surface area contributed by atoms with Crippen LogP contribution in [-0.4, -0.2) is 15.8 Å². The summed E-state index contributed by atoms with van der Waals surface area (Å²) < 4.78 is 5.46. The van der Waals surface area contributed by atoms with Crippen molar-refractivity contribution in [3.63, 3.8) is 0 Å². The molecule has 0 aliphatic heterocycles. The minimum absolute atomic E-state index is 0.0206. The lowest BCUT2D eigenvalue weighted by molar-refractivity contribution is 0.0724. The number of carbonyl (C=O) groups excluding carboxylic acids is 1. The maximum Gasteiger partial charge on any atom is 0.266 e. The molecular formula is C19H16N2O2S3. The normalized spacial score (nSPS) is 11.0. The number of thiophene rings is 2. The van der Waals surface area contributed by atoms with Crippen LogP contribution in [0.25, 0.3) is 9.88 Å².